The third-order valence-corrected chi connectivity index (χ3v) is 11.5. The van der Waals surface area contributed by atoms with Gasteiger partial charge in [0.1, 0.15) is 52.7 Å². The van der Waals surface area contributed by atoms with Crippen molar-refractivity contribution < 1.29 is 102 Å². The Morgan fingerprint density at radius 1 is 0.365 bits per heavy atom. The van der Waals surface area contributed by atoms with Gasteiger partial charge in [0.15, 0.2) is 69.8 Å². The van der Waals surface area contributed by atoms with E-state index in [4.69, 9.17) is 0 Å². The molecule has 0 aliphatic carbocycles. The van der Waals surface area contributed by atoms with Crippen LogP contribution in [0, 0.1) is 116 Å². The van der Waals surface area contributed by atoms with Crippen LogP contribution in [-0.4, -0.2) is 17.7 Å². The van der Waals surface area contributed by atoms with Crippen molar-refractivity contribution in [2.75, 3.05) is 0 Å². The van der Waals surface area contributed by atoms with Gasteiger partial charge in [0.25, 0.3) is 5.69 Å². The first-order valence-corrected chi connectivity index (χ1v) is 20.4. The molecule has 3 nitrogen and oxygen atoms in total. The van der Waals surface area contributed by atoms with Crippen LogP contribution in [-0.2, 0) is 6.54 Å². The minimum atomic E-state index is -7.22. The van der Waals surface area contributed by atoms with Crippen LogP contribution < -0.4 is 26.4 Å². The van der Waals surface area contributed by atoms with E-state index < -0.39 is 144 Å². The molecule has 8 rings (SSSR count). The van der Waals surface area contributed by atoms with Crippen LogP contribution in [0.2, 0.25) is 0 Å². The zero-order valence-electron chi connectivity index (χ0n) is 36.0. The number of pyridine rings is 1. The first-order valence-electron chi connectivity index (χ1n) is 20.4. The number of hydrogen-bond acceptors (Lipinski definition) is 2. The van der Waals surface area contributed by atoms with Crippen molar-refractivity contribution in [1.82, 2.24) is 0 Å². The number of halogens is 20. The maximum atomic E-state index is 15.4. The summed E-state index contributed by atoms with van der Waals surface area (Å²) < 4.78 is 296. The van der Waals surface area contributed by atoms with E-state index in [1.807, 2.05) is 83.4 Å². The molecule has 0 saturated carbocycles. The van der Waals surface area contributed by atoms with Crippen molar-refractivity contribution in [3.05, 3.63) is 236 Å². The molecule has 0 amide bonds. The second-order valence-corrected chi connectivity index (χ2v) is 15.6. The zero-order chi connectivity index (χ0) is 54.4. The first-order chi connectivity index (χ1) is 34.9. The highest BCUT2D eigenvalue weighted by molar-refractivity contribution is 7.20. The number of rotatable bonds is 10. The van der Waals surface area contributed by atoms with Crippen molar-refractivity contribution in [3.63, 3.8) is 0 Å². The molecule has 0 atom stereocenters. The largest absolute Gasteiger partial charge is 0.287 e. The normalized spacial score (nSPS) is 11.6. The maximum Gasteiger partial charge on any atom is 0.253 e. The molecule has 0 saturated heterocycles. The number of allylic oxidation sites excluding steroid dienone is 1. The van der Waals surface area contributed by atoms with Crippen LogP contribution in [0.4, 0.5) is 87.8 Å². The van der Waals surface area contributed by atoms with E-state index in [9.17, 15) is 62.3 Å². The number of ketones is 2. The van der Waals surface area contributed by atoms with Crippen LogP contribution in [0.3, 0.4) is 0 Å². The Hall–Kier alpha value is -8.31. The molecule has 0 aliphatic rings. The number of aromatic nitrogens is 1. The zero-order valence-corrected chi connectivity index (χ0v) is 36.0. The number of hydrogen-bond donors (Lipinski definition) is 0. The highest BCUT2D eigenvalue weighted by atomic mass is 19.2. The average molecular weight is 1060 g/mol. The fourth-order valence-corrected chi connectivity index (χ4v) is 8.20. The van der Waals surface area contributed by atoms with Crippen LogP contribution in [0.15, 0.2) is 103 Å². The quantitative estimate of drug-likeness (QED) is 0.0260. The molecule has 0 spiro atoms. The molecule has 1 heterocycles. The van der Waals surface area contributed by atoms with E-state index in [1.165, 1.54) is 0 Å². The van der Waals surface area contributed by atoms with Crippen LogP contribution in [0.1, 0.15) is 26.4 Å². The topological polar surface area (TPSA) is 38.0 Å². The number of benzene rings is 7. The van der Waals surface area contributed by atoms with E-state index >= 15 is 35.1 Å². The first kappa shape index (κ1) is 53.5. The van der Waals surface area contributed by atoms with Crippen molar-refractivity contribution in [2.45, 2.75) is 6.54 Å². The molecule has 24 heteroatoms. The summed E-state index contributed by atoms with van der Waals surface area (Å²) in [6.07, 6.45) is -3.87. The van der Waals surface area contributed by atoms with Crippen LogP contribution in [0.25, 0.3) is 17.0 Å². The Balaban J connectivity index is 0.000000237. The molecule has 0 unspecified atom stereocenters. The monoisotopic (exact) mass is 1060 g/mol. The fraction of sp³-hybridized carbons (Fsp3) is 0.0200. The Kier molecular flexibility index (Phi) is 14.9. The van der Waals surface area contributed by atoms with Gasteiger partial charge in [0.2, 0.25) is 23.6 Å². The maximum absolute atomic E-state index is 15.4. The SMILES string of the molecule is Fc1c(F)c(F)c([B-](c2c(F)c(F)c(F)c(F)c2F)(c2c(F)c(F)c(F)c(F)c2F)c2c(F)c(F)c(F)c(F)c2F)c(F)c1F.O=C(C[n+]1c(C(=O)C=Cc2ccccc2)ccc2ccccc21)c1ccccc1. The standard InChI is InChI=1S/C26H20NO2.C24BF20/c28-25(18-15-20-9-3-1-4-10-20)24-17-16-21-11-7-8-14-23(21)27(24)19-26(29)22-12-5-2-6-13-22;26-5-1(6(27)14(35)21(42)13(5)34)25(2-7(28)15(36)22(43)16(37)8(2)29,3-9(30)17(38)23(44)18(39)10(3)31)4-11(32)19(40)24(45)20(41)12(4)33/h1-18H,19H2;/q+1;-1. The second kappa shape index (κ2) is 20.7. The van der Waals surface area contributed by atoms with Gasteiger partial charge in [-0.15, -0.1) is 21.9 Å². The molecule has 0 radical (unpaired) electrons. The predicted octanol–water partition coefficient (Wildman–Crippen LogP) is 10.8. The number of carbonyl (C=O) groups is 2. The van der Waals surface area contributed by atoms with Crippen molar-refractivity contribution in [1.29, 1.82) is 0 Å². The smallest absolute Gasteiger partial charge is 0.253 e. The third kappa shape index (κ3) is 8.80. The Morgan fingerprint density at radius 2 is 0.676 bits per heavy atom. The second-order valence-electron chi connectivity index (χ2n) is 15.6. The van der Waals surface area contributed by atoms with Crippen LogP contribution >= 0.6 is 0 Å². The van der Waals surface area contributed by atoms with Gasteiger partial charge in [-0.25, -0.2) is 87.8 Å². The predicted molar refractivity (Wildman–Crippen MR) is 224 cm³/mol. The lowest BCUT2D eigenvalue weighted by Crippen LogP contribution is -2.81. The van der Waals surface area contributed by atoms with Gasteiger partial charge >= 0.3 is 0 Å². The molecule has 0 aliphatic heterocycles. The summed E-state index contributed by atoms with van der Waals surface area (Å²) in [5, 5.41) is 0.983. The van der Waals surface area contributed by atoms with E-state index in [1.54, 1.807) is 30.4 Å². The number of nitrogens with zero attached hydrogens (tertiary/aromatic N) is 1. The van der Waals surface area contributed by atoms with Crippen molar-refractivity contribution in [3.8, 4) is 0 Å². The van der Waals surface area contributed by atoms with Gasteiger partial charge in [-0.05, 0) is 23.8 Å². The minimum absolute atomic E-state index is 0.0342. The van der Waals surface area contributed by atoms with Crippen molar-refractivity contribution >= 4 is 56.5 Å². The number of fused-ring (bicyclic) bond motifs is 1. The molecule has 7 aromatic carbocycles. The summed E-state index contributed by atoms with van der Waals surface area (Å²) in [5.74, 6) is -71.6. The molecular weight excluding hydrogens is 1040 g/mol. The minimum Gasteiger partial charge on any atom is -0.287 e. The molecular formula is C50H20BF20NO2. The van der Waals surface area contributed by atoms with Crippen LogP contribution in [0.5, 0.6) is 0 Å². The molecule has 380 valence electrons. The number of para-hydroxylation sites is 1. The van der Waals surface area contributed by atoms with Gasteiger partial charge in [0, 0.05) is 23.1 Å². The van der Waals surface area contributed by atoms with Gasteiger partial charge in [-0.2, -0.15) is 4.57 Å². The summed E-state index contributed by atoms with van der Waals surface area (Å²) in [7, 11) is 0. The molecule has 74 heavy (non-hydrogen) atoms. The Bertz CT molecular complexity index is 3250. The number of Topliss-reactive ketones (excluding diaryl/α,β-unsaturated/α-hetero) is 1. The van der Waals surface area contributed by atoms with Gasteiger partial charge in [-0.3, -0.25) is 9.59 Å². The van der Waals surface area contributed by atoms with Gasteiger partial charge in [-0.1, -0.05) is 78.9 Å². The summed E-state index contributed by atoms with van der Waals surface area (Å²) in [5.41, 5.74) is -11.4. The lowest BCUT2D eigenvalue weighted by molar-refractivity contribution is -0.658. The van der Waals surface area contributed by atoms with Crippen molar-refractivity contribution in [2.24, 2.45) is 0 Å². The van der Waals surface area contributed by atoms with E-state index in [0.29, 0.717) is 11.3 Å². The summed E-state index contributed by atoms with van der Waals surface area (Å²) in [6, 6.07) is 30.3. The lowest BCUT2D eigenvalue weighted by Gasteiger charge is -2.44. The summed E-state index contributed by atoms with van der Waals surface area (Å²) in [6.45, 7) is 0.103. The van der Waals surface area contributed by atoms with E-state index in [-0.39, 0.29) is 18.1 Å². The highest BCUT2D eigenvalue weighted by Crippen LogP contribution is 2.31. The molecule has 0 fully saturated rings. The molecule has 8 aromatic rings. The summed E-state index contributed by atoms with van der Waals surface area (Å²) in [4.78, 5) is 25.8. The van der Waals surface area contributed by atoms with Gasteiger partial charge < -0.3 is 0 Å². The third-order valence-electron chi connectivity index (χ3n) is 11.5. The Labute approximate surface area is 400 Å². The van der Waals surface area contributed by atoms with Gasteiger partial charge in [0.05, 0.1) is 0 Å². The van der Waals surface area contributed by atoms with E-state index in [0.717, 1.165) is 16.5 Å². The van der Waals surface area contributed by atoms with E-state index in [2.05, 4.69) is 0 Å². The summed E-state index contributed by atoms with van der Waals surface area (Å²) >= 11 is 0. The number of carbonyl (C=O) groups excluding carboxylic acids is 2. The molecule has 0 N–H and O–H groups in total. The molecule has 0 bridgehead atoms. The fourth-order valence-electron chi connectivity index (χ4n) is 8.20. The lowest BCUT2D eigenvalue weighted by atomic mass is 9.12. The highest BCUT2D eigenvalue weighted by Gasteiger charge is 2.52. The Morgan fingerprint density at radius 3 is 1.04 bits per heavy atom. The average Bonchev–Trinajstić information content (AvgIpc) is 3.40. The molecule has 1 aromatic heterocycles.